The van der Waals surface area contributed by atoms with Crippen molar-refractivity contribution in [3.63, 3.8) is 0 Å². The van der Waals surface area contributed by atoms with Gasteiger partial charge in [-0.25, -0.2) is 0 Å². The van der Waals surface area contributed by atoms with Gasteiger partial charge in [0.1, 0.15) is 0 Å². The van der Waals surface area contributed by atoms with Crippen LogP contribution < -0.4 is 0 Å². The van der Waals surface area contributed by atoms with E-state index in [1.807, 2.05) is 35.2 Å². The van der Waals surface area contributed by atoms with E-state index < -0.39 is 0 Å². The second-order valence-corrected chi connectivity index (χ2v) is 7.56. The number of hydrogen-bond acceptors (Lipinski definition) is 4. The minimum Gasteiger partial charge on any atom is -0.375 e. The summed E-state index contributed by atoms with van der Waals surface area (Å²) in [4.78, 5) is 19.4. The summed E-state index contributed by atoms with van der Waals surface area (Å²) in [6, 6.07) is 10.0. The summed E-state index contributed by atoms with van der Waals surface area (Å²) in [5.41, 5.74) is 1.09. The van der Waals surface area contributed by atoms with Crippen LogP contribution in [0.4, 0.5) is 0 Å². The van der Waals surface area contributed by atoms with E-state index >= 15 is 0 Å². The fourth-order valence-electron chi connectivity index (χ4n) is 3.77. The molecule has 0 saturated carbocycles. The highest BCUT2D eigenvalue weighted by Gasteiger charge is 2.34. The molecule has 0 aliphatic carbocycles. The molecule has 25 heavy (non-hydrogen) atoms. The van der Waals surface area contributed by atoms with Gasteiger partial charge in [-0.3, -0.25) is 9.69 Å². The zero-order valence-electron chi connectivity index (χ0n) is 15.6. The highest BCUT2D eigenvalue weighted by Crippen LogP contribution is 2.24. The average molecular weight is 345 g/mol. The first kappa shape index (κ1) is 18.4. The molecule has 5 heteroatoms. The highest BCUT2D eigenvalue weighted by molar-refractivity contribution is 5.78. The third kappa shape index (κ3) is 5.27. The van der Waals surface area contributed by atoms with Crippen molar-refractivity contribution < 1.29 is 9.53 Å². The molecule has 0 radical (unpaired) electrons. The van der Waals surface area contributed by atoms with E-state index in [1.54, 1.807) is 0 Å². The molecule has 2 aliphatic heterocycles. The number of benzene rings is 1. The van der Waals surface area contributed by atoms with Crippen LogP contribution in [0.2, 0.25) is 0 Å². The van der Waals surface area contributed by atoms with Crippen LogP contribution in [0.5, 0.6) is 0 Å². The summed E-state index contributed by atoms with van der Waals surface area (Å²) < 4.78 is 6.13. The minimum atomic E-state index is 0.192. The smallest absolute Gasteiger partial charge is 0.227 e. The number of nitrogens with zero attached hydrogens (tertiary/aromatic N) is 3. The summed E-state index contributed by atoms with van der Waals surface area (Å²) in [7, 11) is 4.24. The zero-order chi connectivity index (χ0) is 17.6. The molecule has 0 spiro atoms. The van der Waals surface area contributed by atoms with Crippen LogP contribution >= 0.6 is 0 Å². The van der Waals surface area contributed by atoms with Gasteiger partial charge in [-0.05, 0) is 26.1 Å². The van der Waals surface area contributed by atoms with Gasteiger partial charge in [0.2, 0.25) is 5.91 Å². The number of likely N-dealkylation sites (N-methyl/N-ethyl adjacent to an activating group) is 1. The van der Waals surface area contributed by atoms with Gasteiger partial charge < -0.3 is 14.5 Å². The molecule has 2 heterocycles. The van der Waals surface area contributed by atoms with Gasteiger partial charge in [0.25, 0.3) is 0 Å². The Balaban J connectivity index is 1.52. The zero-order valence-corrected chi connectivity index (χ0v) is 15.6. The summed E-state index contributed by atoms with van der Waals surface area (Å²) in [5.74, 6) is 0.771. The Morgan fingerprint density at radius 2 is 2.00 bits per heavy atom. The third-order valence-corrected chi connectivity index (χ3v) is 5.34. The van der Waals surface area contributed by atoms with Gasteiger partial charge in [0, 0.05) is 45.2 Å². The normalized spacial score (nSPS) is 24.8. The molecular weight excluding hydrogens is 314 g/mol. The lowest BCUT2D eigenvalue weighted by molar-refractivity contribution is -0.136. The second-order valence-electron chi connectivity index (χ2n) is 7.56. The first-order valence-corrected chi connectivity index (χ1v) is 9.42. The van der Waals surface area contributed by atoms with Crippen molar-refractivity contribution >= 4 is 5.91 Å². The van der Waals surface area contributed by atoms with Gasteiger partial charge in [0.05, 0.1) is 19.1 Å². The van der Waals surface area contributed by atoms with Crippen LogP contribution in [-0.2, 0) is 16.0 Å². The molecule has 0 bridgehead atoms. The highest BCUT2D eigenvalue weighted by atomic mass is 16.5. The molecule has 5 nitrogen and oxygen atoms in total. The van der Waals surface area contributed by atoms with Crippen LogP contribution in [0.3, 0.4) is 0 Å². The van der Waals surface area contributed by atoms with E-state index in [-0.39, 0.29) is 12.0 Å². The van der Waals surface area contributed by atoms with Crippen LogP contribution in [0.25, 0.3) is 0 Å². The number of ether oxygens (including phenoxy) is 1. The lowest BCUT2D eigenvalue weighted by atomic mass is 9.93. The number of amides is 1. The number of hydrogen-bond donors (Lipinski definition) is 0. The van der Waals surface area contributed by atoms with Gasteiger partial charge in [-0.15, -0.1) is 0 Å². The van der Waals surface area contributed by atoms with E-state index in [0.29, 0.717) is 12.3 Å². The molecule has 2 aliphatic rings. The van der Waals surface area contributed by atoms with Gasteiger partial charge in [-0.1, -0.05) is 30.3 Å². The molecule has 0 unspecified atom stereocenters. The average Bonchev–Trinajstić information content (AvgIpc) is 2.82. The molecule has 2 fully saturated rings. The molecule has 1 aromatic rings. The Hall–Kier alpha value is -1.43. The largest absolute Gasteiger partial charge is 0.375 e. The first-order chi connectivity index (χ1) is 12.1. The molecular formula is C20H31N3O2. The van der Waals surface area contributed by atoms with Crippen molar-refractivity contribution in [2.75, 3.05) is 60.0 Å². The van der Waals surface area contributed by atoms with Crippen LogP contribution in [0, 0.1) is 5.92 Å². The number of rotatable bonds is 5. The van der Waals surface area contributed by atoms with Crippen molar-refractivity contribution in [2.45, 2.75) is 18.9 Å². The fourth-order valence-corrected chi connectivity index (χ4v) is 3.77. The quantitative estimate of drug-likeness (QED) is 0.807. The maximum atomic E-state index is 12.6. The number of fused-ring (bicyclic) bond motifs is 1. The first-order valence-electron chi connectivity index (χ1n) is 9.42. The van der Waals surface area contributed by atoms with Crippen molar-refractivity contribution in [3.05, 3.63) is 35.9 Å². The van der Waals surface area contributed by atoms with E-state index in [1.165, 1.54) is 0 Å². The number of piperidine rings is 1. The van der Waals surface area contributed by atoms with Crippen molar-refractivity contribution in [3.8, 4) is 0 Å². The van der Waals surface area contributed by atoms with Crippen LogP contribution in [0.15, 0.2) is 30.3 Å². The number of carbonyl (C=O) groups excluding carboxylic acids is 1. The molecule has 1 amide bonds. The maximum absolute atomic E-state index is 12.6. The lowest BCUT2D eigenvalue weighted by Crippen LogP contribution is -2.49. The third-order valence-electron chi connectivity index (χ3n) is 5.34. The molecule has 0 aromatic heterocycles. The number of likely N-dealkylation sites (tertiary alicyclic amines) is 1. The van der Waals surface area contributed by atoms with Crippen molar-refractivity contribution in [2.24, 2.45) is 5.92 Å². The van der Waals surface area contributed by atoms with E-state index in [9.17, 15) is 4.79 Å². The molecule has 2 saturated heterocycles. The molecule has 2 atom stereocenters. The predicted octanol–water partition coefficient (Wildman–Crippen LogP) is 1.34. The minimum absolute atomic E-state index is 0.192. The Labute approximate surface area is 151 Å². The maximum Gasteiger partial charge on any atom is 0.227 e. The van der Waals surface area contributed by atoms with E-state index in [4.69, 9.17) is 4.74 Å². The SMILES string of the molecule is CN(C)CCN1CCO[C@H]2CN(C(=O)Cc3ccccc3)CC[C@H]2C1. The Morgan fingerprint density at radius 1 is 1.20 bits per heavy atom. The second kappa shape index (κ2) is 8.79. The Bertz CT molecular complexity index is 549. The summed E-state index contributed by atoms with van der Waals surface area (Å²) in [5, 5.41) is 0. The topological polar surface area (TPSA) is 36.0 Å². The summed E-state index contributed by atoms with van der Waals surface area (Å²) in [6.07, 6.45) is 1.73. The van der Waals surface area contributed by atoms with Crippen LogP contribution in [0.1, 0.15) is 12.0 Å². The fraction of sp³-hybridized carbons (Fsp3) is 0.650. The lowest BCUT2D eigenvalue weighted by Gasteiger charge is -2.38. The summed E-state index contributed by atoms with van der Waals surface area (Å²) >= 11 is 0. The monoisotopic (exact) mass is 345 g/mol. The van der Waals surface area contributed by atoms with Gasteiger partial charge >= 0.3 is 0 Å². The van der Waals surface area contributed by atoms with E-state index in [2.05, 4.69) is 23.9 Å². The standard InChI is InChI=1S/C20H31N3O2/c1-21(2)10-11-22-12-13-25-19-16-23(9-8-18(19)15-22)20(24)14-17-6-4-3-5-7-17/h3-7,18-19H,8-16H2,1-2H3/t18-,19-/m0/s1. The van der Waals surface area contributed by atoms with Crippen molar-refractivity contribution in [1.29, 1.82) is 0 Å². The molecule has 1 aromatic carbocycles. The number of carbonyl (C=O) groups is 1. The van der Waals surface area contributed by atoms with Gasteiger partial charge in [0.15, 0.2) is 0 Å². The Kier molecular flexibility index (Phi) is 6.45. The summed E-state index contributed by atoms with van der Waals surface area (Å²) in [6.45, 7) is 6.65. The predicted molar refractivity (Wildman–Crippen MR) is 99.6 cm³/mol. The Morgan fingerprint density at radius 3 is 2.76 bits per heavy atom. The molecule has 3 rings (SSSR count). The van der Waals surface area contributed by atoms with Crippen LogP contribution in [-0.4, -0.2) is 86.7 Å². The molecule has 0 N–H and O–H groups in total. The van der Waals surface area contributed by atoms with E-state index in [0.717, 1.165) is 57.9 Å². The molecule has 138 valence electrons. The van der Waals surface area contributed by atoms with Crippen molar-refractivity contribution in [1.82, 2.24) is 14.7 Å². The van der Waals surface area contributed by atoms with Gasteiger partial charge in [-0.2, -0.15) is 0 Å².